The van der Waals surface area contributed by atoms with Crippen molar-refractivity contribution in [2.24, 2.45) is 0 Å². The molecule has 16 aromatic rings. The van der Waals surface area contributed by atoms with Crippen molar-refractivity contribution >= 4 is 122 Å². The molecule has 102 heavy (non-hydrogen) atoms. The number of unbranched alkanes of at least 4 members (excludes halogenated alkanes) is 1. The molecule has 0 saturated carbocycles. The maximum absolute atomic E-state index is 13.7. The summed E-state index contributed by atoms with van der Waals surface area (Å²) in [6.45, 7) is 8.33. The van der Waals surface area contributed by atoms with Crippen LogP contribution in [0.5, 0.6) is 0 Å². The molecule has 3 heterocycles. The van der Waals surface area contributed by atoms with Crippen LogP contribution in [0.15, 0.2) is 388 Å². The predicted molar refractivity (Wildman–Crippen MR) is 447 cm³/mol. The van der Waals surface area contributed by atoms with Gasteiger partial charge in [0.15, 0.2) is 5.65 Å². The molecule has 3 aromatic heterocycles. The zero-order valence-electron chi connectivity index (χ0n) is 58.0. The third-order valence-corrected chi connectivity index (χ3v) is 28.1. The maximum Gasteiger partial charge on any atom is 0.164 e. The van der Waals surface area contributed by atoms with Gasteiger partial charge in [0, 0.05) is 21.0 Å². The molecule has 502 valence electrons. The van der Waals surface area contributed by atoms with Crippen LogP contribution in [0.25, 0.3) is 26.2 Å². The summed E-state index contributed by atoms with van der Waals surface area (Å²) in [6.07, 6.45) is 3.28. The second-order valence-corrected chi connectivity index (χ2v) is 34.2. The van der Waals surface area contributed by atoms with Gasteiger partial charge in [0.25, 0.3) is 0 Å². The number of benzene rings is 13. The normalized spacial score (nSPS) is 10.9. The highest BCUT2D eigenvalue weighted by molar-refractivity contribution is 7.81. The third kappa shape index (κ3) is 18.8. The Morgan fingerprint density at radius 2 is 0.588 bits per heavy atom. The third-order valence-electron chi connectivity index (χ3n) is 17.1. The number of aryl methyl sites for hydroxylation is 4. The number of hydrogen-bond donors (Lipinski definition) is 0. The minimum atomic E-state index is -0.446. The molecule has 0 radical (unpaired) electrons. The van der Waals surface area contributed by atoms with E-state index in [0.717, 1.165) is 62.4 Å². The van der Waals surface area contributed by atoms with E-state index in [1.165, 1.54) is 75.4 Å². The Morgan fingerprint density at radius 1 is 0.333 bits per heavy atom. The highest BCUT2D eigenvalue weighted by Crippen LogP contribution is 2.42. The summed E-state index contributed by atoms with van der Waals surface area (Å²) in [5.41, 5.74) is 6.26. The summed E-state index contributed by atoms with van der Waals surface area (Å²) >= 11 is 1.69. The van der Waals surface area contributed by atoms with Gasteiger partial charge in [0.2, 0.25) is 0 Å². The minimum absolute atomic E-state index is 0.197. The van der Waals surface area contributed by atoms with Crippen LogP contribution >= 0.6 is 43.0 Å². The quantitative estimate of drug-likeness (QED) is 0.0903. The molecule has 0 amide bonds. The molecule has 3 nitrogen and oxygen atoms in total. The molecule has 0 spiro atoms. The number of thiophene rings is 1. The summed E-state index contributed by atoms with van der Waals surface area (Å²) in [4.78, 5) is 5.94. The average Bonchev–Trinajstić information content (AvgIpc) is 1.59. The van der Waals surface area contributed by atoms with Gasteiger partial charge in [-0.2, -0.15) is 5.10 Å². The van der Waals surface area contributed by atoms with Crippen LogP contribution in [0.1, 0.15) is 42.4 Å². The average molecular weight is 1420 g/mol. The van der Waals surface area contributed by atoms with Gasteiger partial charge in [-0.25, -0.2) is 13.9 Å². The molecule has 0 N–H and O–H groups in total. The van der Waals surface area contributed by atoms with Gasteiger partial charge in [0.05, 0.1) is 11.3 Å². The Balaban J connectivity index is 0.000000121. The van der Waals surface area contributed by atoms with E-state index in [1.54, 1.807) is 17.4 Å². The Labute approximate surface area is 611 Å². The Bertz CT molecular complexity index is 4260. The van der Waals surface area contributed by atoms with Gasteiger partial charge in [-0.15, -0.1) is 11.3 Å². The van der Waals surface area contributed by atoms with Gasteiger partial charge in [-0.05, 0) is 164 Å². The largest absolute Gasteiger partial charge is 0.233 e. The maximum atomic E-state index is 13.7. The molecule has 0 aliphatic heterocycles. The molecule has 0 aliphatic carbocycles. The lowest BCUT2D eigenvalue weighted by molar-refractivity contribution is 0.630. The van der Waals surface area contributed by atoms with Gasteiger partial charge < -0.3 is 0 Å². The SMILES string of the molecule is CCCCc1cc(C)nc2c(-c3sc4ccc(F)cc4c3C)c(C)nn12.c1ccc(P(c2ccccc2)c2ccccc2)cc1.c1ccc(P(c2ccccc2)c2ccccc2)cc1.c1ccc(P(c2ccccc2)c2ccccc2)cc1.c1ccc(P(c2ccccc2)c2ccccc2)cc1. The van der Waals surface area contributed by atoms with Crippen molar-refractivity contribution in [2.75, 3.05) is 0 Å². The van der Waals surface area contributed by atoms with Crippen molar-refractivity contribution in [3.8, 4) is 10.4 Å². The molecule has 0 aliphatic rings. The van der Waals surface area contributed by atoms with E-state index in [4.69, 9.17) is 10.1 Å². The fourth-order valence-corrected chi connectivity index (χ4v) is 22.8. The lowest BCUT2D eigenvalue weighted by Crippen LogP contribution is -2.20. The summed E-state index contributed by atoms with van der Waals surface area (Å²) in [7, 11) is -1.78. The molecule has 9 heteroatoms. The molecule has 0 atom stereocenters. The van der Waals surface area contributed by atoms with Crippen molar-refractivity contribution in [3.63, 3.8) is 0 Å². The van der Waals surface area contributed by atoms with E-state index in [0.29, 0.717) is 0 Å². The smallest absolute Gasteiger partial charge is 0.164 e. The monoisotopic (exact) mass is 1420 g/mol. The van der Waals surface area contributed by atoms with Crippen molar-refractivity contribution in [2.45, 2.75) is 47.0 Å². The molecule has 0 bridgehead atoms. The van der Waals surface area contributed by atoms with E-state index < -0.39 is 31.7 Å². The van der Waals surface area contributed by atoms with E-state index in [9.17, 15) is 4.39 Å². The first kappa shape index (κ1) is 71.9. The fourth-order valence-electron chi connectivity index (χ4n) is 12.3. The minimum Gasteiger partial charge on any atom is -0.233 e. The second-order valence-electron chi connectivity index (χ2n) is 24.3. The summed E-state index contributed by atoms with van der Waals surface area (Å²) in [5, 5.41) is 22.6. The first-order valence-corrected chi connectivity index (χ1v) is 40.8. The Kier molecular flexibility index (Phi) is 26.2. The van der Waals surface area contributed by atoms with Crippen molar-refractivity contribution in [1.82, 2.24) is 14.6 Å². The van der Waals surface area contributed by atoms with Crippen LogP contribution in [-0.4, -0.2) is 14.6 Å². The summed E-state index contributed by atoms with van der Waals surface area (Å²) in [5.74, 6) is -0.197. The zero-order chi connectivity index (χ0) is 70.1. The van der Waals surface area contributed by atoms with Crippen LogP contribution in [0.4, 0.5) is 4.39 Å². The predicted octanol–water partition coefficient (Wildman–Crippen LogP) is 19.8. The van der Waals surface area contributed by atoms with Crippen molar-refractivity contribution in [3.05, 3.63) is 417 Å². The summed E-state index contributed by atoms with van der Waals surface area (Å²) < 4.78 is 16.8. The lowest BCUT2D eigenvalue weighted by atomic mass is 10.1. The van der Waals surface area contributed by atoms with Crippen LogP contribution in [0.2, 0.25) is 0 Å². The number of rotatable bonds is 16. The number of fused-ring (bicyclic) bond motifs is 2. The number of halogens is 1. The van der Waals surface area contributed by atoms with Crippen LogP contribution < -0.4 is 63.7 Å². The van der Waals surface area contributed by atoms with Crippen molar-refractivity contribution < 1.29 is 4.39 Å². The molecule has 0 saturated heterocycles. The van der Waals surface area contributed by atoms with Crippen LogP contribution in [0.3, 0.4) is 0 Å². The van der Waals surface area contributed by atoms with Gasteiger partial charge >= 0.3 is 0 Å². The fraction of sp³-hybridized carbons (Fsp3) is 0.0753. The number of nitrogens with zero attached hydrogens (tertiary/aromatic N) is 3. The highest BCUT2D eigenvalue weighted by atomic mass is 32.1. The van der Waals surface area contributed by atoms with Crippen molar-refractivity contribution in [1.29, 1.82) is 0 Å². The van der Waals surface area contributed by atoms with E-state index in [1.807, 2.05) is 24.4 Å². The molecular formula is C93H82FN3P4S. The van der Waals surface area contributed by atoms with E-state index >= 15 is 0 Å². The van der Waals surface area contributed by atoms with Gasteiger partial charge in [-0.3, -0.25) is 0 Å². The topological polar surface area (TPSA) is 30.2 Å². The van der Waals surface area contributed by atoms with Gasteiger partial charge in [0.1, 0.15) is 5.82 Å². The van der Waals surface area contributed by atoms with Crippen LogP contribution in [0, 0.1) is 26.6 Å². The molecule has 0 fully saturated rings. The van der Waals surface area contributed by atoms with E-state index in [-0.39, 0.29) is 5.82 Å². The molecule has 0 unspecified atom stereocenters. The molecule has 16 rings (SSSR count). The van der Waals surface area contributed by atoms with Gasteiger partial charge in [-0.1, -0.05) is 377 Å². The van der Waals surface area contributed by atoms with E-state index in [2.05, 4.69) is 384 Å². The highest BCUT2D eigenvalue weighted by Gasteiger charge is 2.23. The van der Waals surface area contributed by atoms with Crippen LogP contribution in [-0.2, 0) is 6.42 Å². The Morgan fingerprint density at radius 3 is 0.833 bits per heavy atom. The second kappa shape index (κ2) is 37.1. The standard InChI is InChI=1S/C21H22FN3S.4C18H15P/c1-5-6-7-16-10-12(2)23-21-19(14(4)24-25(16)21)20-13(3)17-11-15(22)8-9-18(17)26-20;4*1-4-10-16(11-5-1)19(17-12-6-2-7-13-17)18-14-8-3-9-15-18/h8-11H,5-7H2,1-4H3;4*1-15H. The number of hydrogen-bond acceptors (Lipinski definition) is 3. The first-order valence-electron chi connectivity index (χ1n) is 34.7. The lowest BCUT2D eigenvalue weighted by Gasteiger charge is -2.18. The zero-order valence-corrected chi connectivity index (χ0v) is 62.4. The first-order chi connectivity index (χ1) is 50.3. The summed E-state index contributed by atoms with van der Waals surface area (Å²) in [6, 6.07) is 136. The number of aromatic nitrogens is 3. The molecular weight excluding hydrogens is 1330 g/mol. The Hall–Kier alpha value is -9.91. The molecule has 13 aromatic carbocycles.